The van der Waals surface area contributed by atoms with Gasteiger partial charge in [0.25, 0.3) is 5.91 Å². The van der Waals surface area contributed by atoms with Gasteiger partial charge in [-0.25, -0.2) is 0 Å². The highest BCUT2D eigenvalue weighted by atomic mass is 16.5. The van der Waals surface area contributed by atoms with Crippen molar-refractivity contribution in [2.24, 2.45) is 4.99 Å². The molecule has 6 nitrogen and oxygen atoms in total. The average molecular weight is 368 g/mol. The first-order chi connectivity index (χ1) is 13.0. The van der Waals surface area contributed by atoms with Gasteiger partial charge in [-0.05, 0) is 36.8 Å². The van der Waals surface area contributed by atoms with Gasteiger partial charge in [-0.15, -0.1) is 0 Å². The standard InChI is InChI=1S/C21H28N4O2/c1-16(27-19-8-6-5-7-9-19)14-23-21(22-2)24-15-17-10-12-18(13-11-17)20(26)25(3)4/h5-13,16H,14-15H2,1-4H3,(H2,22,23,24). The maximum Gasteiger partial charge on any atom is 0.253 e. The van der Waals surface area contributed by atoms with E-state index in [1.165, 1.54) is 0 Å². The van der Waals surface area contributed by atoms with E-state index >= 15 is 0 Å². The van der Waals surface area contributed by atoms with E-state index in [0.29, 0.717) is 24.6 Å². The molecule has 0 radical (unpaired) electrons. The van der Waals surface area contributed by atoms with Crippen LogP contribution in [0, 0.1) is 0 Å². The van der Waals surface area contributed by atoms with Crippen molar-refractivity contribution in [2.45, 2.75) is 19.6 Å². The number of ether oxygens (including phenoxy) is 1. The first-order valence-electron chi connectivity index (χ1n) is 8.96. The number of aliphatic imine (C=N–C) groups is 1. The predicted molar refractivity (Wildman–Crippen MR) is 109 cm³/mol. The second-order valence-electron chi connectivity index (χ2n) is 6.44. The molecule has 144 valence electrons. The molecular formula is C21H28N4O2. The summed E-state index contributed by atoms with van der Waals surface area (Å²) < 4.78 is 5.85. The Hall–Kier alpha value is -3.02. The van der Waals surface area contributed by atoms with E-state index in [4.69, 9.17) is 4.74 Å². The van der Waals surface area contributed by atoms with Crippen LogP contribution in [0.3, 0.4) is 0 Å². The highest BCUT2D eigenvalue weighted by molar-refractivity contribution is 5.93. The number of nitrogens with one attached hydrogen (secondary N) is 2. The lowest BCUT2D eigenvalue weighted by Gasteiger charge is -2.18. The number of nitrogens with zero attached hydrogens (tertiary/aromatic N) is 2. The van der Waals surface area contributed by atoms with Crippen LogP contribution in [-0.4, -0.2) is 50.6 Å². The number of carbonyl (C=O) groups excluding carboxylic acids is 1. The van der Waals surface area contributed by atoms with Crippen LogP contribution in [-0.2, 0) is 6.54 Å². The minimum absolute atomic E-state index is 0.000566. The summed E-state index contributed by atoms with van der Waals surface area (Å²) in [6.45, 7) is 3.25. The van der Waals surface area contributed by atoms with E-state index in [1.54, 1.807) is 26.0 Å². The molecule has 0 aliphatic carbocycles. The lowest BCUT2D eigenvalue weighted by Crippen LogP contribution is -2.41. The van der Waals surface area contributed by atoms with E-state index < -0.39 is 0 Å². The Kier molecular flexibility index (Phi) is 7.67. The second-order valence-corrected chi connectivity index (χ2v) is 6.44. The Bertz CT molecular complexity index is 743. The molecule has 0 heterocycles. The lowest BCUT2D eigenvalue weighted by atomic mass is 10.1. The third kappa shape index (κ3) is 6.66. The van der Waals surface area contributed by atoms with Crippen molar-refractivity contribution in [3.8, 4) is 5.75 Å². The summed E-state index contributed by atoms with van der Waals surface area (Å²) in [5.74, 6) is 1.55. The number of amides is 1. The summed E-state index contributed by atoms with van der Waals surface area (Å²) in [6, 6.07) is 17.3. The van der Waals surface area contributed by atoms with Crippen molar-refractivity contribution in [3.63, 3.8) is 0 Å². The van der Waals surface area contributed by atoms with Crippen molar-refractivity contribution in [1.29, 1.82) is 0 Å². The van der Waals surface area contributed by atoms with Gasteiger partial charge in [0.15, 0.2) is 5.96 Å². The van der Waals surface area contributed by atoms with Crippen LogP contribution in [0.5, 0.6) is 5.75 Å². The molecule has 2 rings (SSSR count). The third-order valence-electron chi connectivity index (χ3n) is 3.93. The molecule has 0 aliphatic rings. The number of rotatable bonds is 7. The minimum Gasteiger partial charge on any atom is -0.489 e. The zero-order valence-electron chi connectivity index (χ0n) is 16.4. The van der Waals surface area contributed by atoms with Gasteiger partial charge >= 0.3 is 0 Å². The smallest absolute Gasteiger partial charge is 0.253 e. The molecule has 2 aromatic carbocycles. The van der Waals surface area contributed by atoms with Gasteiger partial charge in [0.1, 0.15) is 11.9 Å². The van der Waals surface area contributed by atoms with Crippen LogP contribution in [0.25, 0.3) is 0 Å². The lowest BCUT2D eigenvalue weighted by molar-refractivity contribution is 0.0827. The molecule has 2 aromatic rings. The quantitative estimate of drug-likeness (QED) is 0.582. The highest BCUT2D eigenvalue weighted by Gasteiger charge is 2.08. The number of guanidine groups is 1. The number of benzene rings is 2. The Morgan fingerprint density at radius 3 is 2.33 bits per heavy atom. The van der Waals surface area contributed by atoms with Gasteiger partial charge in [0, 0.05) is 33.3 Å². The average Bonchev–Trinajstić information content (AvgIpc) is 2.68. The van der Waals surface area contributed by atoms with E-state index in [1.807, 2.05) is 61.5 Å². The van der Waals surface area contributed by atoms with Crippen LogP contribution in [0.1, 0.15) is 22.8 Å². The summed E-state index contributed by atoms with van der Waals surface area (Å²) in [5, 5.41) is 6.52. The largest absolute Gasteiger partial charge is 0.489 e. The fourth-order valence-electron chi connectivity index (χ4n) is 2.44. The zero-order valence-corrected chi connectivity index (χ0v) is 16.4. The fraction of sp³-hybridized carbons (Fsp3) is 0.333. The Labute approximate surface area is 161 Å². The molecule has 0 bridgehead atoms. The number of para-hydroxylation sites is 1. The Balaban J connectivity index is 1.79. The van der Waals surface area contributed by atoms with E-state index in [9.17, 15) is 4.79 Å². The monoisotopic (exact) mass is 368 g/mol. The van der Waals surface area contributed by atoms with Crippen molar-refractivity contribution < 1.29 is 9.53 Å². The van der Waals surface area contributed by atoms with Gasteiger partial charge in [-0.3, -0.25) is 9.79 Å². The molecule has 0 spiro atoms. The van der Waals surface area contributed by atoms with Crippen LogP contribution in [0.4, 0.5) is 0 Å². The van der Waals surface area contributed by atoms with Gasteiger partial charge in [-0.1, -0.05) is 30.3 Å². The van der Waals surface area contributed by atoms with Crippen LogP contribution in [0.15, 0.2) is 59.6 Å². The van der Waals surface area contributed by atoms with Crippen molar-refractivity contribution >= 4 is 11.9 Å². The van der Waals surface area contributed by atoms with Crippen molar-refractivity contribution in [2.75, 3.05) is 27.7 Å². The van der Waals surface area contributed by atoms with Gasteiger partial charge < -0.3 is 20.3 Å². The van der Waals surface area contributed by atoms with E-state index in [2.05, 4.69) is 15.6 Å². The highest BCUT2D eigenvalue weighted by Crippen LogP contribution is 2.10. The third-order valence-corrected chi connectivity index (χ3v) is 3.93. The summed E-state index contributed by atoms with van der Waals surface area (Å²) in [5.41, 5.74) is 1.75. The first-order valence-corrected chi connectivity index (χ1v) is 8.96. The molecule has 1 atom stereocenters. The van der Waals surface area contributed by atoms with E-state index in [-0.39, 0.29) is 12.0 Å². The molecule has 6 heteroatoms. The van der Waals surface area contributed by atoms with Crippen LogP contribution in [0.2, 0.25) is 0 Å². The molecule has 1 unspecified atom stereocenters. The van der Waals surface area contributed by atoms with Crippen LogP contribution < -0.4 is 15.4 Å². The first kappa shape index (κ1) is 20.3. The Morgan fingerprint density at radius 2 is 1.74 bits per heavy atom. The summed E-state index contributed by atoms with van der Waals surface area (Å²) in [4.78, 5) is 17.7. The number of hydrogen-bond donors (Lipinski definition) is 2. The zero-order chi connectivity index (χ0) is 19.6. The molecule has 1 amide bonds. The molecule has 0 aromatic heterocycles. The maximum atomic E-state index is 11.9. The van der Waals surface area contributed by atoms with Crippen LogP contribution >= 0.6 is 0 Å². The van der Waals surface area contributed by atoms with Gasteiger partial charge in [-0.2, -0.15) is 0 Å². The fourth-order valence-corrected chi connectivity index (χ4v) is 2.44. The molecule has 0 saturated carbocycles. The second kappa shape index (κ2) is 10.2. The molecule has 27 heavy (non-hydrogen) atoms. The normalized spacial score (nSPS) is 12.2. The molecule has 0 saturated heterocycles. The van der Waals surface area contributed by atoms with Crippen molar-refractivity contribution in [3.05, 3.63) is 65.7 Å². The summed E-state index contributed by atoms with van der Waals surface area (Å²) in [7, 11) is 5.23. The van der Waals surface area contributed by atoms with Gasteiger partial charge in [0.2, 0.25) is 0 Å². The molecular weight excluding hydrogens is 340 g/mol. The molecule has 0 aliphatic heterocycles. The molecule has 2 N–H and O–H groups in total. The van der Waals surface area contributed by atoms with Crippen molar-refractivity contribution in [1.82, 2.24) is 15.5 Å². The topological polar surface area (TPSA) is 66.0 Å². The van der Waals surface area contributed by atoms with E-state index in [0.717, 1.165) is 11.3 Å². The SMILES string of the molecule is CN=C(NCc1ccc(C(=O)N(C)C)cc1)NCC(C)Oc1ccccc1. The predicted octanol–water partition coefficient (Wildman–Crippen LogP) is 2.52. The van der Waals surface area contributed by atoms with Gasteiger partial charge in [0.05, 0.1) is 6.54 Å². The summed E-state index contributed by atoms with van der Waals surface area (Å²) in [6.07, 6.45) is 0.00211. The maximum absolute atomic E-state index is 11.9. The summed E-state index contributed by atoms with van der Waals surface area (Å²) >= 11 is 0. The number of hydrogen-bond acceptors (Lipinski definition) is 3. The molecule has 0 fully saturated rings. The minimum atomic E-state index is -0.000566. The Morgan fingerprint density at radius 1 is 1.07 bits per heavy atom. The number of carbonyl (C=O) groups is 1.